The lowest BCUT2D eigenvalue weighted by Gasteiger charge is -2.18. The van der Waals surface area contributed by atoms with Gasteiger partial charge in [-0.3, -0.25) is 4.79 Å². The number of benzene rings is 1. The number of amides is 1. The summed E-state index contributed by atoms with van der Waals surface area (Å²) < 4.78 is 16.6. The molecular weight excluding hydrogens is 308 g/mol. The number of carbonyl (C=O) groups excluding carboxylic acids is 1. The van der Waals surface area contributed by atoms with E-state index in [-0.39, 0.29) is 12.0 Å². The Morgan fingerprint density at radius 3 is 2.54 bits per heavy atom. The number of likely N-dealkylation sites (tertiary alicyclic amines) is 1. The lowest BCUT2D eigenvalue weighted by molar-refractivity contribution is 0.0692. The predicted molar refractivity (Wildman–Crippen MR) is 93.7 cm³/mol. The predicted octanol–water partition coefficient (Wildman–Crippen LogP) is 2.71. The smallest absolute Gasteiger partial charge is 0.256 e. The van der Waals surface area contributed by atoms with Gasteiger partial charge < -0.3 is 24.8 Å². The molecule has 2 rings (SSSR count). The average molecular weight is 336 g/mol. The molecule has 1 saturated heterocycles. The van der Waals surface area contributed by atoms with Crippen molar-refractivity contribution in [3.63, 3.8) is 0 Å². The molecule has 0 unspecified atom stereocenters. The molecule has 1 amide bonds. The Morgan fingerprint density at radius 1 is 1.21 bits per heavy atom. The first-order valence-corrected chi connectivity index (χ1v) is 8.54. The van der Waals surface area contributed by atoms with Crippen LogP contribution < -0.4 is 15.2 Å². The highest BCUT2D eigenvalue weighted by molar-refractivity contribution is 6.00. The first-order valence-electron chi connectivity index (χ1n) is 8.54. The molecule has 0 aliphatic carbocycles. The molecule has 134 valence electrons. The molecule has 0 aromatic heterocycles. The second kappa shape index (κ2) is 8.78. The first kappa shape index (κ1) is 18.4. The van der Waals surface area contributed by atoms with Crippen LogP contribution in [0.3, 0.4) is 0 Å². The molecule has 0 saturated carbocycles. The zero-order valence-corrected chi connectivity index (χ0v) is 14.8. The van der Waals surface area contributed by atoms with Crippen molar-refractivity contribution in [2.24, 2.45) is 0 Å². The standard InChI is InChI=1S/C18H28N2O4/c1-13(2)23-9-6-10-24-17-12-15(19)14(11-16(17)22-3)18(21)20-7-4-5-8-20/h11-13H,4-10,19H2,1-3H3. The van der Waals surface area contributed by atoms with Gasteiger partial charge in [-0.2, -0.15) is 0 Å². The van der Waals surface area contributed by atoms with E-state index in [2.05, 4.69) is 0 Å². The fourth-order valence-electron chi connectivity index (χ4n) is 2.68. The lowest BCUT2D eigenvalue weighted by atomic mass is 10.1. The lowest BCUT2D eigenvalue weighted by Crippen LogP contribution is -2.28. The Labute approximate surface area is 143 Å². The molecule has 1 aliphatic rings. The fourth-order valence-corrected chi connectivity index (χ4v) is 2.68. The van der Waals surface area contributed by atoms with Gasteiger partial charge >= 0.3 is 0 Å². The van der Waals surface area contributed by atoms with E-state index in [9.17, 15) is 4.79 Å². The topological polar surface area (TPSA) is 74.0 Å². The molecule has 0 atom stereocenters. The molecule has 6 heteroatoms. The molecule has 0 radical (unpaired) electrons. The van der Waals surface area contributed by atoms with Gasteiger partial charge in [-0.05, 0) is 32.8 Å². The number of rotatable bonds is 8. The first-order chi connectivity index (χ1) is 11.5. The van der Waals surface area contributed by atoms with Crippen molar-refractivity contribution in [1.82, 2.24) is 4.90 Å². The van der Waals surface area contributed by atoms with Gasteiger partial charge in [0.25, 0.3) is 5.91 Å². The molecule has 0 spiro atoms. The van der Waals surface area contributed by atoms with Gasteiger partial charge in [-0.15, -0.1) is 0 Å². The fraction of sp³-hybridized carbons (Fsp3) is 0.611. The number of carbonyl (C=O) groups is 1. The number of methoxy groups -OCH3 is 1. The van der Waals surface area contributed by atoms with E-state index >= 15 is 0 Å². The van der Waals surface area contributed by atoms with Crippen molar-refractivity contribution in [3.05, 3.63) is 17.7 Å². The zero-order valence-electron chi connectivity index (χ0n) is 14.8. The molecule has 1 aliphatic heterocycles. The summed E-state index contributed by atoms with van der Waals surface area (Å²) in [5.41, 5.74) is 6.97. The summed E-state index contributed by atoms with van der Waals surface area (Å²) in [6, 6.07) is 3.35. The third kappa shape index (κ3) is 4.77. The van der Waals surface area contributed by atoms with Crippen molar-refractivity contribution >= 4 is 11.6 Å². The second-order valence-electron chi connectivity index (χ2n) is 6.21. The highest BCUT2D eigenvalue weighted by atomic mass is 16.5. The SMILES string of the molecule is COc1cc(C(=O)N2CCCC2)c(N)cc1OCCCOC(C)C. The molecule has 24 heavy (non-hydrogen) atoms. The zero-order chi connectivity index (χ0) is 17.5. The van der Waals surface area contributed by atoms with E-state index in [1.54, 1.807) is 19.2 Å². The monoisotopic (exact) mass is 336 g/mol. The van der Waals surface area contributed by atoms with Crippen LogP contribution in [-0.2, 0) is 4.74 Å². The van der Waals surface area contributed by atoms with Gasteiger partial charge in [-0.1, -0.05) is 0 Å². The molecule has 0 bridgehead atoms. The summed E-state index contributed by atoms with van der Waals surface area (Å²) >= 11 is 0. The summed E-state index contributed by atoms with van der Waals surface area (Å²) in [6.45, 7) is 6.72. The molecular formula is C18H28N2O4. The number of nitrogen functional groups attached to an aromatic ring is 1. The third-order valence-corrected chi connectivity index (χ3v) is 3.96. The van der Waals surface area contributed by atoms with Gasteiger partial charge in [0, 0.05) is 31.3 Å². The van der Waals surface area contributed by atoms with Gasteiger partial charge in [0.15, 0.2) is 11.5 Å². The summed E-state index contributed by atoms with van der Waals surface area (Å²) in [5, 5.41) is 0. The number of anilines is 1. The quantitative estimate of drug-likeness (QED) is 0.583. The third-order valence-electron chi connectivity index (χ3n) is 3.96. The van der Waals surface area contributed by atoms with Crippen molar-refractivity contribution in [3.8, 4) is 11.5 Å². The molecule has 1 heterocycles. The van der Waals surface area contributed by atoms with Crippen molar-refractivity contribution < 1.29 is 19.0 Å². The van der Waals surface area contributed by atoms with Crippen LogP contribution in [0.2, 0.25) is 0 Å². The van der Waals surface area contributed by atoms with Crippen LogP contribution in [0.25, 0.3) is 0 Å². The van der Waals surface area contributed by atoms with E-state index in [0.29, 0.717) is 36.0 Å². The number of ether oxygens (including phenoxy) is 3. The molecule has 1 aromatic carbocycles. The number of hydrogen-bond acceptors (Lipinski definition) is 5. The van der Waals surface area contributed by atoms with Gasteiger partial charge in [0.1, 0.15) is 0 Å². The van der Waals surface area contributed by atoms with Gasteiger partial charge in [0.05, 0.1) is 32.0 Å². The van der Waals surface area contributed by atoms with Crippen molar-refractivity contribution in [2.75, 3.05) is 39.1 Å². The Morgan fingerprint density at radius 2 is 1.92 bits per heavy atom. The number of hydrogen-bond donors (Lipinski definition) is 1. The largest absolute Gasteiger partial charge is 0.493 e. The molecule has 1 fully saturated rings. The van der Waals surface area contributed by atoms with Crippen LogP contribution in [0.15, 0.2) is 12.1 Å². The van der Waals surface area contributed by atoms with E-state index in [0.717, 1.165) is 32.4 Å². The maximum atomic E-state index is 12.5. The van der Waals surface area contributed by atoms with Crippen LogP contribution in [0.1, 0.15) is 43.5 Å². The minimum Gasteiger partial charge on any atom is -0.493 e. The Hall–Kier alpha value is -1.95. The minimum absolute atomic E-state index is 0.0415. The van der Waals surface area contributed by atoms with E-state index in [4.69, 9.17) is 19.9 Å². The minimum atomic E-state index is -0.0415. The second-order valence-corrected chi connectivity index (χ2v) is 6.21. The van der Waals surface area contributed by atoms with E-state index < -0.39 is 0 Å². The maximum absolute atomic E-state index is 12.5. The van der Waals surface area contributed by atoms with E-state index in [1.165, 1.54) is 0 Å². The van der Waals surface area contributed by atoms with Gasteiger partial charge in [-0.25, -0.2) is 0 Å². The summed E-state index contributed by atoms with van der Waals surface area (Å²) in [5.74, 6) is 1.04. The normalized spacial score (nSPS) is 14.2. The van der Waals surface area contributed by atoms with Crippen LogP contribution in [0.4, 0.5) is 5.69 Å². The summed E-state index contributed by atoms with van der Waals surface area (Å²) in [6.07, 6.45) is 3.08. The molecule has 1 aromatic rings. The van der Waals surface area contributed by atoms with Crippen LogP contribution in [-0.4, -0.2) is 50.3 Å². The van der Waals surface area contributed by atoms with Crippen molar-refractivity contribution in [2.45, 2.75) is 39.2 Å². The highest BCUT2D eigenvalue weighted by Gasteiger charge is 2.23. The highest BCUT2D eigenvalue weighted by Crippen LogP contribution is 2.33. The summed E-state index contributed by atoms with van der Waals surface area (Å²) in [4.78, 5) is 14.4. The van der Waals surface area contributed by atoms with Crippen LogP contribution >= 0.6 is 0 Å². The average Bonchev–Trinajstić information content (AvgIpc) is 3.08. The number of nitrogens with zero attached hydrogens (tertiary/aromatic N) is 1. The van der Waals surface area contributed by atoms with Gasteiger partial charge in [0.2, 0.25) is 0 Å². The van der Waals surface area contributed by atoms with Crippen LogP contribution in [0, 0.1) is 0 Å². The number of nitrogens with two attached hydrogens (primary N) is 1. The molecule has 2 N–H and O–H groups in total. The van der Waals surface area contributed by atoms with E-state index in [1.807, 2.05) is 18.7 Å². The Kier molecular flexibility index (Phi) is 6.73. The molecule has 6 nitrogen and oxygen atoms in total. The Bertz CT molecular complexity index is 554. The maximum Gasteiger partial charge on any atom is 0.256 e. The van der Waals surface area contributed by atoms with Crippen LogP contribution in [0.5, 0.6) is 11.5 Å². The Balaban J connectivity index is 2.02. The summed E-state index contributed by atoms with van der Waals surface area (Å²) in [7, 11) is 1.56. The van der Waals surface area contributed by atoms with Crippen molar-refractivity contribution in [1.29, 1.82) is 0 Å².